The molecule has 0 unspecified atom stereocenters. The second-order valence-corrected chi connectivity index (χ2v) is 7.45. The monoisotopic (exact) mass is 330 g/mol. The number of benzene rings is 1. The van der Waals surface area contributed by atoms with Crippen LogP contribution in [0.15, 0.2) is 18.2 Å². The molecule has 0 radical (unpaired) electrons. The van der Waals surface area contributed by atoms with E-state index in [1.165, 1.54) is 0 Å². The molecule has 4 nitrogen and oxygen atoms in total. The fourth-order valence-electron chi connectivity index (χ4n) is 3.72. The minimum Gasteiger partial charge on any atom is -0.375 e. The van der Waals surface area contributed by atoms with Gasteiger partial charge in [0.1, 0.15) is 0 Å². The third-order valence-corrected chi connectivity index (χ3v) is 5.40. The molecule has 1 aromatic rings. The van der Waals surface area contributed by atoms with Crippen LogP contribution in [-0.2, 0) is 4.74 Å². The SMILES string of the molecule is Cc1ccc(C)c(C(=O)N2CCC(OC3CCN(C)CC3)CC2)c1. The van der Waals surface area contributed by atoms with Crippen molar-refractivity contribution in [1.82, 2.24) is 9.80 Å². The standard InChI is InChI=1S/C20H30N2O2/c1-15-4-5-16(2)19(14-15)20(23)22-12-8-18(9-13-22)24-17-6-10-21(3)11-7-17/h4-5,14,17-18H,6-13H2,1-3H3. The smallest absolute Gasteiger partial charge is 0.254 e. The van der Waals surface area contributed by atoms with E-state index >= 15 is 0 Å². The molecule has 1 amide bonds. The maximum Gasteiger partial charge on any atom is 0.254 e. The van der Waals surface area contributed by atoms with Gasteiger partial charge in [0, 0.05) is 31.7 Å². The first-order chi connectivity index (χ1) is 11.5. The quantitative estimate of drug-likeness (QED) is 0.854. The van der Waals surface area contributed by atoms with Gasteiger partial charge in [0.25, 0.3) is 5.91 Å². The Kier molecular flexibility index (Phi) is 5.57. The number of aryl methyl sites for hydroxylation is 2. The van der Waals surface area contributed by atoms with Gasteiger partial charge in [-0.1, -0.05) is 17.7 Å². The van der Waals surface area contributed by atoms with Crippen LogP contribution in [0.1, 0.15) is 47.2 Å². The van der Waals surface area contributed by atoms with Crippen LogP contribution in [0.2, 0.25) is 0 Å². The summed E-state index contributed by atoms with van der Waals surface area (Å²) >= 11 is 0. The number of nitrogens with zero attached hydrogens (tertiary/aromatic N) is 2. The van der Waals surface area contributed by atoms with Gasteiger partial charge in [-0.15, -0.1) is 0 Å². The number of piperidine rings is 2. The van der Waals surface area contributed by atoms with E-state index in [4.69, 9.17) is 4.74 Å². The van der Waals surface area contributed by atoms with Gasteiger partial charge in [0.2, 0.25) is 0 Å². The van der Waals surface area contributed by atoms with Gasteiger partial charge in [-0.2, -0.15) is 0 Å². The Labute approximate surface area is 145 Å². The molecule has 0 bridgehead atoms. The maximum absolute atomic E-state index is 12.8. The topological polar surface area (TPSA) is 32.8 Å². The van der Waals surface area contributed by atoms with E-state index < -0.39 is 0 Å². The van der Waals surface area contributed by atoms with Gasteiger partial charge >= 0.3 is 0 Å². The predicted octanol–water partition coefficient (Wildman–Crippen LogP) is 3.02. The second-order valence-electron chi connectivity index (χ2n) is 7.45. The van der Waals surface area contributed by atoms with Crippen molar-refractivity contribution >= 4 is 5.91 Å². The van der Waals surface area contributed by atoms with Crippen LogP contribution in [-0.4, -0.2) is 61.1 Å². The van der Waals surface area contributed by atoms with Gasteiger partial charge in [0.05, 0.1) is 12.2 Å². The Balaban J connectivity index is 1.51. The zero-order valence-electron chi connectivity index (χ0n) is 15.3. The van der Waals surface area contributed by atoms with Crippen LogP contribution in [0, 0.1) is 13.8 Å². The lowest BCUT2D eigenvalue weighted by atomic mass is 10.0. The average molecular weight is 330 g/mol. The van der Waals surface area contributed by atoms with Crippen LogP contribution >= 0.6 is 0 Å². The van der Waals surface area contributed by atoms with Gasteiger partial charge in [-0.3, -0.25) is 4.79 Å². The number of hydrogen-bond donors (Lipinski definition) is 0. The minimum absolute atomic E-state index is 0.175. The van der Waals surface area contributed by atoms with Crippen molar-refractivity contribution in [2.75, 3.05) is 33.2 Å². The van der Waals surface area contributed by atoms with Gasteiger partial charge < -0.3 is 14.5 Å². The van der Waals surface area contributed by atoms with Crippen molar-refractivity contribution in [1.29, 1.82) is 0 Å². The first-order valence-corrected chi connectivity index (χ1v) is 9.23. The maximum atomic E-state index is 12.8. The van der Waals surface area contributed by atoms with E-state index in [2.05, 4.69) is 18.0 Å². The summed E-state index contributed by atoms with van der Waals surface area (Å²) in [5, 5.41) is 0. The van der Waals surface area contributed by atoms with E-state index in [-0.39, 0.29) is 5.91 Å². The van der Waals surface area contributed by atoms with Crippen LogP contribution in [0.25, 0.3) is 0 Å². The zero-order chi connectivity index (χ0) is 17.1. The van der Waals surface area contributed by atoms with Gasteiger partial charge in [-0.05, 0) is 58.2 Å². The molecule has 1 aromatic carbocycles. The molecule has 2 aliphatic heterocycles. The molecule has 0 N–H and O–H groups in total. The Bertz CT molecular complexity index is 571. The van der Waals surface area contributed by atoms with Crippen molar-refractivity contribution in [3.63, 3.8) is 0 Å². The minimum atomic E-state index is 0.175. The van der Waals surface area contributed by atoms with Crippen molar-refractivity contribution in [2.24, 2.45) is 0 Å². The Morgan fingerprint density at radius 3 is 2.21 bits per heavy atom. The predicted molar refractivity (Wildman–Crippen MR) is 96.4 cm³/mol. The van der Waals surface area contributed by atoms with E-state index in [1.54, 1.807) is 0 Å². The number of carbonyl (C=O) groups is 1. The summed E-state index contributed by atoms with van der Waals surface area (Å²) in [6.07, 6.45) is 4.93. The highest BCUT2D eigenvalue weighted by Crippen LogP contribution is 2.22. The Hall–Kier alpha value is -1.39. The highest BCUT2D eigenvalue weighted by molar-refractivity contribution is 5.95. The molecule has 3 rings (SSSR count). The molecule has 2 fully saturated rings. The van der Waals surface area contributed by atoms with Gasteiger partial charge in [0.15, 0.2) is 0 Å². The fraction of sp³-hybridized carbons (Fsp3) is 0.650. The third-order valence-electron chi connectivity index (χ3n) is 5.40. The first kappa shape index (κ1) is 17.4. The van der Waals surface area contributed by atoms with Crippen LogP contribution < -0.4 is 0 Å². The second kappa shape index (κ2) is 7.66. The van der Waals surface area contributed by atoms with Crippen molar-refractivity contribution < 1.29 is 9.53 Å². The lowest BCUT2D eigenvalue weighted by Gasteiger charge is -2.36. The van der Waals surface area contributed by atoms with Crippen molar-refractivity contribution in [2.45, 2.75) is 51.7 Å². The molecule has 0 spiro atoms. The van der Waals surface area contributed by atoms with Crippen molar-refractivity contribution in [3.8, 4) is 0 Å². The summed E-state index contributed by atoms with van der Waals surface area (Å²) in [5.74, 6) is 0.175. The fourth-order valence-corrected chi connectivity index (χ4v) is 3.72. The number of ether oxygens (including phenoxy) is 1. The summed E-state index contributed by atoms with van der Waals surface area (Å²) in [4.78, 5) is 17.1. The van der Waals surface area contributed by atoms with E-state index in [1.807, 2.05) is 30.9 Å². The van der Waals surface area contributed by atoms with E-state index in [9.17, 15) is 4.79 Å². The van der Waals surface area contributed by atoms with Crippen molar-refractivity contribution in [3.05, 3.63) is 34.9 Å². The summed E-state index contributed by atoms with van der Waals surface area (Å²) in [7, 11) is 2.17. The van der Waals surface area contributed by atoms with E-state index in [0.717, 1.165) is 68.6 Å². The first-order valence-electron chi connectivity index (χ1n) is 9.23. The molecular weight excluding hydrogens is 300 g/mol. The van der Waals surface area contributed by atoms with E-state index in [0.29, 0.717) is 12.2 Å². The van der Waals surface area contributed by atoms with Crippen LogP contribution in [0.3, 0.4) is 0 Å². The number of carbonyl (C=O) groups excluding carboxylic acids is 1. The Morgan fingerprint density at radius 1 is 1.00 bits per heavy atom. The summed E-state index contributed by atoms with van der Waals surface area (Å²) in [5.41, 5.74) is 3.06. The number of likely N-dealkylation sites (tertiary alicyclic amines) is 2. The number of hydrogen-bond acceptors (Lipinski definition) is 3. The molecule has 0 saturated carbocycles. The normalized spacial score (nSPS) is 21.2. The van der Waals surface area contributed by atoms with Gasteiger partial charge in [-0.25, -0.2) is 0 Å². The molecule has 0 aliphatic carbocycles. The molecule has 24 heavy (non-hydrogen) atoms. The van der Waals surface area contributed by atoms with Crippen LogP contribution in [0.4, 0.5) is 0 Å². The molecule has 0 atom stereocenters. The molecule has 4 heteroatoms. The summed E-state index contributed by atoms with van der Waals surface area (Å²) < 4.78 is 6.29. The molecule has 0 aromatic heterocycles. The molecule has 132 valence electrons. The lowest BCUT2D eigenvalue weighted by Crippen LogP contribution is -2.43. The zero-order valence-corrected chi connectivity index (χ0v) is 15.3. The molecular formula is C20H30N2O2. The largest absolute Gasteiger partial charge is 0.375 e. The Morgan fingerprint density at radius 2 is 1.58 bits per heavy atom. The summed E-state index contributed by atoms with van der Waals surface area (Å²) in [6, 6.07) is 6.12. The average Bonchev–Trinajstić information content (AvgIpc) is 2.59. The summed E-state index contributed by atoms with van der Waals surface area (Å²) in [6.45, 7) is 7.94. The molecule has 2 saturated heterocycles. The molecule has 2 heterocycles. The number of amides is 1. The number of rotatable bonds is 3. The highest BCUT2D eigenvalue weighted by Gasteiger charge is 2.27. The third kappa shape index (κ3) is 4.17. The molecule has 2 aliphatic rings. The highest BCUT2D eigenvalue weighted by atomic mass is 16.5. The lowest BCUT2D eigenvalue weighted by molar-refractivity contribution is -0.0599. The van der Waals surface area contributed by atoms with Crippen LogP contribution in [0.5, 0.6) is 0 Å².